The first kappa shape index (κ1) is 18.5. The van der Waals surface area contributed by atoms with Gasteiger partial charge in [-0.2, -0.15) is 26.3 Å². The molecule has 0 fully saturated rings. The van der Waals surface area contributed by atoms with Crippen molar-refractivity contribution in [3.05, 3.63) is 29.3 Å². The van der Waals surface area contributed by atoms with Gasteiger partial charge in [-0.15, -0.1) is 0 Å². The van der Waals surface area contributed by atoms with Crippen molar-refractivity contribution in [2.45, 2.75) is 32.1 Å². The van der Waals surface area contributed by atoms with Crippen molar-refractivity contribution < 1.29 is 26.3 Å². The lowest BCUT2D eigenvalue weighted by atomic mass is 10.1. The highest BCUT2D eigenvalue weighted by Gasteiger charge is 2.36. The normalized spacial score (nSPS) is 12.1. The Morgan fingerprint density at radius 1 is 1.00 bits per heavy atom. The van der Waals surface area contributed by atoms with Crippen molar-refractivity contribution >= 4 is 23.0 Å². The molecule has 0 aliphatic carbocycles. The van der Waals surface area contributed by atoms with Gasteiger partial charge in [0.1, 0.15) is 0 Å². The fourth-order valence-electron chi connectivity index (χ4n) is 1.58. The lowest BCUT2D eigenvalue weighted by Crippen LogP contribution is -2.29. The molecular formula is C13H14F6N2S. The Bertz CT molecular complexity index is 492. The third-order valence-corrected chi connectivity index (χ3v) is 2.91. The van der Waals surface area contributed by atoms with Gasteiger partial charge in [-0.1, -0.05) is 13.3 Å². The van der Waals surface area contributed by atoms with E-state index in [1.54, 1.807) is 0 Å². The third kappa shape index (κ3) is 5.70. The van der Waals surface area contributed by atoms with E-state index in [2.05, 4.69) is 10.6 Å². The number of alkyl halides is 6. The standard InChI is InChI=1S/C13H14F6N2S/c1-2-3-4-20-11(22)21-10-6-8(12(14,15)16)5-9(7-10)13(17,18)19/h5-7H,2-4H2,1H3,(H2,20,21,22). The van der Waals surface area contributed by atoms with Gasteiger partial charge in [0, 0.05) is 12.2 Å². The molecule has 124 valence electrons. The monoisotopic (exact) mass is 344 g/mol. The van der Waals surface area contributed by atoms with E-state index >= 15 is 0 Å². The van der Waals surface area contributed by atoms with E-state index in [0.717, 1.165) is 12.8 Å². The number of benzene rings is 1. The summed E-state index contributed by atoms with van der Waals surface area (Å²) in [7, 11) is 0. The van der Waals surface area contributed by atoms with Gasteiger partial charge in [0.15, 0.2) is 5.11 Å². The zero-order chi connectivity index (χ0) is 17.0. The van der Waals surface area contributed by atoms with Crippen LogP contribution in [-0.2, 0) is 12.4 Å². The molecule has 2 nitrogen and oxygen atoms in total. The van der Waals surface area contributed by atoms with Crippen molar-refractivity contribution in [2.75, 3.05) is 11.9 Å². The van der Waals surface area contributed by atoms with Crippen LogP contribution in [0, 0.1) is 0 Å². The molecule has 0 bridgehead atoms. The van der Waals surface area contributed by atoms with Crippen molar-refractivity contribution in [1.29, 1.82) is 0 Å². The van der Waals surface area contributed by atoms with Crippen LogP contribution in [-0.4, -0.2) is 11.7 Å². The molecule has 1 aromatic carbocycles. The van der Waals surface area contributed by atoms with Crippen LogP contribution < -0.4 is 10.6 Å². The minimum atomic E-state index is -4.88. The van der Waals surface area contributed by atoms with Gasteiger partial charge in [-0.3, -0.25) is 0 Å². The molecule has 0 atom stereocenters. The molecule has 0 saturated carbocycles. The summed E-state index contributed by atoms with van der Waals surface area (Å²) in [4.78, 5) is 0. The van der Waals surface area contributed by atoms with Crippen molar-refractivity contribution in [3.8, 4) is 0 Å². The van der Waals surface area contributed by atoms with Crippen LogP contribution in [0.4, 0.5) is 32.0 Å². The Morgan fingerprint density at radius 2 is 1.50 bits per heavy atom. The van der Waals surface area contributed by atoms with Gasteiger partial charge < -0.3 is 10.6 Å². The third-order valence-electron chi connectivity index (χ3n) is 2.66. The highest BCUT2D eigenvalue weighted by atomic mass is 32.1. The van der Waals surface area contributed by atoms with Gasteiger partial charge in [-0.25, -0.2) is 0 Å². The van der Waals surface area contributed by atoms with Gasteiger partial charge in [0.25, 0.3) is 0 Å². The van der Waals surface area contributed by atoms with Gasteiger partial charge in [-0.05, 0) is 36.8 Å². The highest BCUT2D eigenvalue weighted by Crippen LogP contribution is 2.37. The Kier molecular flexibility index (Phi) is 6.04. The average Bonchev–Trinajstić information content (AvgIpc) is 2.36. The van der Waals surface area contributed by atoms with E-state index in [0.29, 0.717) is 18.7 Å². The fourth-order valence-corrected chi connectivity index (χ4v) is 1.80. The first-order chi connectivity index (χ1) is 10.0. The van der Waals surface area contributed by atoms with Crippen LogP contribution in [0.1, 0.15) is 30.9 Å². The van der Waals surface area contributed by atoms with Crippen molar-refractivity contribution in [2.24, 2.45) is 0 Å². The number of unbranched alkanes of at least 4 members (excludes halogenated alkanes) is 1. The molecule has 0 heterocycles. The van der Waals surface area contributed by atoms with Crippen molar-refractivity contribution in [3.63, 3.8) is 0 Å². The number of rotatable bonds is 4. The zero-order valence-electron chi connectivity index (χ0n) is 11.5. The first-order valence-electron chi connectivity index (χ1n) is 6.38. The lowest BCUT2D eigenvalue weighted by Gasteiger charge is -2.16. The van der Waals surface area contributed by atoms with Crippen molar-refractivity contribution in [1.82, 2.24) is 5.32 Å². The Labute approximate surface area is 128 Å². The Hall–Kier alpha value is -1.51. The van der Waals surface area contributed by atoms with Crippen LogP contribution in [0.5, 0.6) is 0 Å². The smallest absolute Gasteiger partial charge is 0.362 e. The second-order valence-electron chi connectivity index (χ2n) is 4.53. The number of hydrogen-bond donors (Lipinski definition) is 2. The summed E-state index contributed by atoms with van der Waals surface area (Å²) in [5.74, 6) is 0. The first-order valence-corrected chi connectivity index (χ1v) is 6.79. The summed E-state index contributed by atoms with van der Waals surface area (Å²) in [5.41, 5.74) is -3.14. The predicted octanol–water partition coefficient (Wildman–Crippen LogP) is 4.81. The van der Waals surface area contributed by atoms with Gasteiger partial charge in [0.2, 0.25) is 0 Å². The zero-order valence-corrected chi connectivity index (χ0v) is 12.3. The Morgan fingerprint density at radius 3 is 1.91 bits per heavy atom. The number of nitrogens with one attached hydrogen (secondary N) is 2. The Balaban J connectivity index is 3.01. The highest BCUT2D eigenvalue weighted by molar-refractivity contribution is 7.80. The van der Waals surface area contributed by atoms with Gasteiger partial charge >= 0.3 is 12.4 Å². The summed E-state index contributed by atoms with van der Waals surface area (Å²) in [5, 5.41) is 5.03. The average molecular weight is 344 g/mol. The number of halogens is 6. The molecule has 22 heavy (non-hydrogen) atoms. The fraction of sp³-hybridized carbons (Fsp3) is 0.462. The second-order valence-corrected chi connectivity index (χ2v) is 4.94. The molecule has 0 unspecified atom stereocenters. The molecule has 2 N–H and O–H groups in total. The molecular weight excluding hydrogens is 330 g/mol. The van der Waals surface area contributed by atoms with E-state index in [9.17, 15) is 26.3 Å². The summed E-state index contributed by atoms with van der Waals surface area (Å²) in [6.07, 6.45) is -8.11. The molecule has 0 aliphatic rings. The van der Waals surface area contributed by atoms with E-state index in [-0.39, 0.29) is 16.9 Å². The topological polar surface area (TPSA) is 24.1 Å². The molecule has 0 radical (unpaired) electrons. The summed E-state index contributed by atoms with van der Waals surface area (Å²) in [6.45, 7) is 2.41. The lowest BCUT2D eigenvalue weighted by molar-refractivity contribution is -0.143. The summed E-state index contributed by atoms with van der Waals surface area (Å²) in [6, 6.07) is 1.24. The van der Waals surface area contributed by atoms with Gasteiger partial charge in [0.05, 0.1) is 11.1 Å². The molecule has 0 aromatic heterocycles. The molecule has 0 saturated heterocycles. The maximum atomic E-state index is 12.7. The van der Waals surface area contributed by atoms with Crippen LogP contribution >= 0.6 is 12.2 Å². The molecule has 9 heteroatoms. The maximum absolute atomic E-state index is 12.7. The summed E-state index contributed by atoms with van der Waals surface area (Å²) < 4.78 is 76.1. The second kappa shape index (κ2) is 7.17. The SMILES string of the molecule is CCCCNC(=S)Nc1cc(C(F)(F)F)cc(C(F)(F)F)c1. The minimum Gasteiger partial charge on any atom is -0.362 e. The van der Waals surface area contributed by atoms with Crippen LogP contribution in [0.15, 0.2) is 18.2 Å². The molecule has 1 aromatic rings. The van der Waals surface area contributed by atoms with Crippen LogP contribution in [0.25, 0.3) is 0 Å². The molecule has 0 spiro atoms. The van der Waals surface area contributed by atoms with Crippen LogP contribution in [0.2, 0.25) is 0 Å². The molecule has 0 amide bonds. The largest absolute Gasteiger partial charge is 0.416 e. The number of hydrogen-bond acceptors (Lipinski definition) is 1. The minimum absolute atomic E-state index is 0.0269. The van der Waals surface area contributed by atoms with E-state index in [4.69, 9.17) is 12.2 Å². The van der Waals surface area contributed by atoms with E-state index in [1.165, 1.54) is 0 Å². The predicted molar refractivity (Wildman–Crippen MR) is 75.6 cm³/mol. The van der Waals surface area contributed by atoms with Crippen LogP contribution in [0.3, 0.4) is 0 Å². The van der Waals surface area contributed by atoms with E-state index < -0.39 is 23.5 Å². The van der Waals surface area contributed by atoms with E-state index in [1.807, 2.05) is 6.92 Å². The quantitative estimate of drug-likeness (QED) is 0.466. The number of anilines is 1. The summed E-state index contributed by atoms with van der Waals surface area (Å²) >= 11 is 4.84. The molecule has 0 aliphatic heterocycles. The molecule has 1 rings (SSSR count). The maximum Gasteiger partial charge on any atom is 0.416 e. The number of thiocarbonyl (C=S) groups is 1.